The third kappa shape index (κ3) is 3.82. The molecule has 1 aromatic heterocycles. The number of hydrogen-bond acceptors (Lipinski definition) is 5. The van der Waals surface area contributed by atoms with E-state index in [9.17, 15) is 0 Å². The van der Waals surface area contributed by atoms with Gasteiger partial charge in [0.1, 0.15) is 22.4 Å². The molecule has 0 atom stereocenters. The molecule has 0 bridgehead atoms. The fourth-order valence-corrected chi connectivity index (χ4v) is 3.04. The highest BCUT2D eigenvalue weighted by molar-refractivity contribution is 9.10. The number of nitrogens with zero attached hydrogens (tertiary/aromatic N) is 4. The van der Waals surface area contributed by atoms with Crippen LogP contribution in [0.3, 0.4) is 0 Å². The molecule has 2 heterocycles. The number of aromatic nitrogens is 2. The van der Waals surface area contributed by atoms with E-state index in [0.717, 1.165) is 55.3 Å². The lowest BCUT2D eigenvalue weighted by Crippen LogP contribution is -2.47. The lowest BCUT2D eigenvalue weighted by Gasteiger charge is -2.35. The molecule has 20 heavy (non-hydrogen) atoms. The summed E-state index contributed by atoms with van der Waals surface area (Å²) in [5.74, 6) is 1.91. The van der Waals surface area contributed by atoms with E-state index in [0.29, 0.717) is 0 Å². The molecule has 2 rings (SSSR count). The van der Waals surface area contributed by atoms with Crippen LogP contribution in [0.2, 0.25) is 0 Å². The van der Waals surface area contributed by atoms with E-state index in [1.165, 1.54) is 13.0 Å². The Morgan fingerprint density at radius 2 is 1.90 bits per heavy atom. The summed E-state index contributed by atoms with van der Waals surface area (Å²) in [5, 5.41) is 3.34. The van der Waals surface area contributed by atoms with E-state index in [1.54, 1.807) is 6.33 Å². The number of hydrogen-bond donors (Lipinski definition) is 1. The van der Waals surface area contributed by atoms with E-state index < -0.39 is 0 Å². The number of anilines is 2. The number of piperazine rings is 1. The Morgan fingerprint density at radius 3 is 2.55 bits per heavy atom. The zero-order chi connectivity index (χ0) is 14.4. The Hall–Kier alpha value is -0.880. The van der Waals surface area contributed by atoms with Gasteiger partial charge in [-0.15, -0.1) is 0 Å². The molecule has 6 heteroatoms. The summed E-state index contributed by atoms with van der Waals surface area (Å²) in [6.45, 7) is 10.8. The van der Waals surface area contributed by atoms with Crippen LogP contribution in [0.4, 0.5) is 11.6 Å². The number of rotatable bonds is 6. The number of nitrogens with one attached hydrogen (secondary N) is 1. The molecular weight excluding hydrogens is 318 g/mol. The van der Waals surface area contributed by atoms with Crippen molar-refractivity contribution in [3.8, 4) is 0 Å². The Labute approximate surface area is 129 Å². The highest BCUT2D eigenvalue weighted by atomic mass is 79.9. The molecule has 0 radical (unpaired) electrons. The van der Waals surface area contributed by atoms with Gasteiger partial charge in [-0.3, -0.25) is 4.90 Å². The van der Waals surface area contributed by atoms with Crippen molar-refractivity contribution in [2.24, 2.45) is 0 Å². The monoisotopic (exact) mass is 341 g/mol. The van der Waals surface area contributed by atoms with Crippen LogP contribution < -0.4 is 10.2 Å². The first kappa shape index (κ1) is 15.5. The van der Waals surface area contributed by atoms with Gasteiger partial charge in [0.15, 0.2) is 0 Å². The second kappa shape index (κ2) is 7.78. The van der Waals surface area contributed by atoms with Gasteiger partial charge in [-0.1, -0.05) is 13.8 Å². The lowest BCUT2D eigenvalue weighted by atomic mass is 10.3. The van der Waals surface area contributed by atoms with Gasteiger partial charge in [-0.2, -0.15) is 0 Å². The molecule has 1 fully saturated rings. The zero-order valence-electron chi connectivity index (χ0n) is 12.4. The highest BCUT2D eigenvalue weighted by Gasteiger charge is 2.20. The van der Waals surface area contributed by atoms with Gasteiger partial charge < -0.3 is 10.2 Å². The summed E-state index contributed by atoms with van der Waals surface area (Å²) >= 11 is 3.65. The fourth-order valence-electron chi connectivity index (χ4n) is 2.45. The summed E-state index contributed by atoms with van der Waals surface area (Å²) < 4.78 is 0.984. The van der Waals surface area contributed by atoms with Crippen molar-refractivity contribution in [2.75, 3.05) is 49.5 Å². The zero-order valence-corrected chi connectivity index (χ0v) is 14.0. The molecule has 0 aliphatic carbocycles. The molecule has 0 unspecified atom stereocenters. The smallest absolute Gasteiger partial charge is 0.148 e. The van der Waals surface area contributed by atoms with E-state index in [1.807, 2.05) is 0 Å². The molecule has 112 valence electrons. The maximum Gasteiger partial charge on any atom is 0.148 e. The largest absolute Gasteiger partial charge is 0.369 e. The van der Waals surface area contributed by atoms with Gasteiger partial charge >= 0.3 is 0 Å². The summed E-state index contributed by atoms with van der Waals surface area (Å²) in [4.78, 5) is 13.6. The highest BCUT2D eigenvalue weighted by Crippen LogP contribution is 2.29. The number of halogens is 1. The van der Waals surface area contributed by atoms with Crippen molar-refractivity contribution in [2.45, 2.75) is 26.7 Å². The van der Waals surface area contributed by atoms with Gasteiger partial charge in [0.05, 0.1) is 0 Å². The Bertz CT molecular complexity index is 418. The third-order valence-corrected chi connectivity index (χ3v) is 4.26. The van der Waals surface area contributed by atoms with E-state index in [-0.39, 0.29) is 0 Å². The molecule has 5 nitrogen and oxygen atoms in total. The second-order valence-corrected chi connectivity index (χ2v) is 5.91. The fraction of sp³-hybridized carbons (Fsp3) is 0.714. The molecule has 1 aliphatic rings. The second-order valence-electron chi connectivity index (χ2n) is 5.12. The Balaban J connectivity index is 2.02. The summed E-state index contributed by atoms with van der Waals surface area (Å²) in [6.07, 6.45) is 3.96. The maximum absolute atomic E-state index is 4.45. The SMILES string of the molecule is CCCNc1ncnc(N2CCN(CCC)CC2)c1Br. The van der Waals surface area contributed by atoms with Crippen LogP contribution in [0.15, 0.2) is 10.8 Å². The average molecular weight is 342 g/mol. The van der Waals surface area contributed by atoms with Gasteiger partial charge in [-0.25, -0.2) is 9.97 Å². The van der Waals surface area contributed by atoms with Crippen LogP contribution in [-0.4, -0.2) is 54.1 Å². The normalized spacial score (nSPS) is 16.4. The predicted molar refractivity (Wildman–Crippen MR) is 87.5 cm³/mol. The van der Waals surface area contributed by atoms with Gasteiger partial charge in [0.25, 0.3) is 0 Å². The van der Waals surface area contributed by atoms with Crippen molar-refractivity contribution in [1.82, 2.24) is 14.9 Å². The van der Waals surface area contributed by atoms with Crippen LogP contribution in [0, 0.1) is 0 Å². The first-order valence-corrected chi connectivity index (χ1v) is 8.27. The van der Waals surface area contributed by atoms with Crippen LogP contribution in [0.25, 0.3) is 0 Å². The molecule has 1 N–H and O–H groups in total. The summed E-state index contributed by atoms with van der Waals surface area (Å²) in [7, 11) is 0. The predicted octanol–water partition coefficient (Wildman–Crippen LogP) is 2.59. The van der Waals surface area contributed by atoms with Crippen molar-refractivity contribution >= 4 is 27.6 Å². The van der Waals surface area contributed by atoms with E-state index >= 15 is 0 Å². The minimum absolute atomic E-state index is 0.896. The maximum atomic E-state index is 4.45. The Kier molecular flexibility index (Phi) is 6.04. The van der Waals surface area contributed by atoms with Crippen molar-refractivity contribution in [3.63, 3.8) is 0 Å². The van der Waals surface area contributed by atoms with Gasteiger partial charge in [-0.05, 0) is 35.3 Å². The van der Waals surface area contributed by atoms with Crippen molar-refractivity contribution < 1.29 is 0 Å². The molecule has 1 aliphatic heterocycles. The molecular formula is C14H24BrN5. The van der Waals surface area contributed by atoms with Gasteiger partial charge in [0.2, 0.25) is 0 Å². The van der Waals surface area contributed by atoms with Crippen LogP contribution in [-0.2, 0) is 0 Å². The quantitative estimate of drug-likeness (QED) is 0.861. The molecule has 1 saturated heterocycles. The topological polar surface area (TPSA) is 44.3 Å². The van der Waals surface area contributed by atoms with Crippen molar-refractivity contribution in [3.05, 3.63) is 10.8 Å². The molecule has 0 spiro atoms. The molecule has 0 aromatic carbocycles. The molecule has 0 saturated carbocycles. The van der Waals surface area contributed by atoms with Gasteiger partial charge in [0, 0.05) is 32.7 Å². The van der Waals surface area contributed by atoms with E-state index in [2.05, 4.69) is 54.9 Å². The van der Waals surface area contributed by atoms with Crippen molar-refractivity contribution in [1.29, 1.82) is 0 Å². The van der Waals surface area contributed by atoms with Crippen LogP contribution in [0.1, 0.15) is 26.7 Å². The molecule has 1 aromatic rings. The third-order valence-electron chi connectivity index (χ3n) is 3.53. The summed E-state index contributed by atoms with van der Waals surface area (Å²) in [6, 6.07) is 0. The summed E-state index contributed by atoms with van der Waals surface area (Å²) in [5.41, 5.74) is 0. The van der Waals surface area contributed by atoms with E-state index in [4.69, 9.17) is 0 Å². The first-order chi connectivity index (χ1) is 9.76. The molecule has 0 amide bonds. The standard InChI is InChI=1S/C14H24BrN5/c1-3-5-16-13-12(15)14(18-11-17-13)20-9-7-19(6-4-2)8-10-20/h11H,3-10H2,1-2H3,(H,16,17,18). The average Bonchev–Trinajstić information content (AvgIpc) is 2.48. The van der Waals surface area contributed by atoms with Crippen LogP contribution >= 0.6 is 15.9 Å². The lowest BCUT2D eigenvalue weighted by molar-refractivity contribution is 0.258. The Morgan fingerprint density at radius 1 is 1.15 bits per heavy atom. The van der Waals surface area contributed by atoms with Crippen LogP contribution in [0.5, 0.6) is 0 Å². The minimum atomic E-state index is 0.896. The minimum Gasteiger partial charge on any atom is -0.369 e. The first-order valence-electron chi connectivity index (χ1n) is 7.48.